The van der Waals surface area contributed by atoms with Crippen molar-refractivity contribution < 1.29 is 14.6 Å². The molecule has 3 aromatic rings. The van der Waals surface area contributed by atoms with Gasteiger partial charge in [0.05, 0.1) is 11.2 Å². The molecular formula is C18H16ClNO3. The van der Waals surface area contributed by atoms with E-state index in [0.29, 0.717) is 5.75 Å². The second kappa shape index (κ2) is 5.63. The maximum absolute atomic E-state index is 10.1. The Hall–Kier alpha value is -2.46. The summed E-state index contributed by atoms with van der Waals surface area (Å²) in [7, 11) is 0. The van der Waals surface area contributed by atoms with Crippen LogP contribution in [0.5, 0.6) is 17.2 Å². The summed E-state index contributed by atoms with van der Waals surface area (Å²) in [5.74, 6) is 1.70. The number of aryl methyl sites for hydroxylation is 1. The average molecular weight is 330 g/mol. The summed E-state index contributed by atoms with van der Waals surface area (Å²) in [6, 6.07) is 11.1. The zero-order valence-corrected chi connectivity index (χ0v) is 13.6. The Kier molecular flexibility index (Phi) is 3.78. The zero-order valence-electron chi connectivity index (χ0n) is 12.8. The van der Waals surface area contributed by atoms with E-state index < -0.39 is 0 Å². The van der Waals surface area contributed by atoms with Gasteiger partial charge in [-0.1, -0.05) is 12.1 Å². The average Bonchev–Trinajstić information content (AvgIpc) is 2.97. The smallest absolute Gasteiger partial charge is 0.231 e. The highest BCUT2D eigenvalue weighted by Gasteiger charge is 2.19. The van der Waals surface area contributed by atoms with E-state index in [2.05, 4.69) is 6.92 Å². The van der Waals surface area contributed by atoms with Crippen LogP contribution in [0.2, 0.25) is 0 Å². The van der Waals surface area contributed by atoms with E-state index in [1.54, 1.807) is 12.1 Å². The molecule has 0 atom stereocenters. The standard InChI is InChI=1S/C18H15NO3.ClH/c1-10-11(2)18(12-5-3-4-6-15(12)20)19-14-8-17-16(7-13(10)14)21-9-22-17;/h3-8,20H,9H2,1-2H3;1H. The van der Waals surface area contributed by atoms with Gasteiger partial charge in [-0.2, -0.15) is 0 Å². The molecule has 5 heteroatoms. The molecule has 2 heterocycles. The predicted molar refractivity (Wildman–Crippen MR) is 91.7 cm³/mol. The molecule has 1 aliphatic heterocycles. The third-order valence-electron chi connectivity index (χ3n) is 4.20. The van der Waals surface area contributed by atoms with Gasteiger partial charge in [-0.05, 0) is 43.2 Å². The Labute approximate surface area is 140 Å². The SMILES string of the molecule is Cc1c(-c2ccccc2O)nc2cc3c(cc2c1C)OCO3.Cl. The highest BCUT2D eigenvalue weighted by Crippen LogP contribution is 2.39. The lowest BCUT2D eigenvalue weighted by Gasteiger charge is -2.13. The minimum atomic E-state index is 0. The molecule has 23 heavy (non-hydrogen) atoms. The lowest BCUT2D eigenvalue weighted by Crippen LogP contribution is -1.95. The van der Waals surface area contributed by atoms with Gasteiger partial charge in [-0.15, -0.1) is 12.4 Å². The van der Waals surface area contributed by atoms with E-state index in [-0.39, 0.29) is 24.9 Å². The first kappa shape index (κ1) is 15.4. The van der Waals surface area contributed by atoms with Crippen LogP contribution in [0.25, 0.3) is 22.2 Å². The molecule has 0 saturated carbocycles. The fourth-order valence-corrected chi connectivity index (χ4v) is 2.84. The van der Waals surface area contributed by atoms with Gasteiger partial charge in [0.2, 0.25) is 6.79 Å². The van der Waals surface area contributed by atoms with Crippen molar-refractivity contribution in [1.82, 2.24) is 4.98 Å². The third-order valence-corrected chi connectivity index (χ3v) is 4.20. The summed E-state index contributed by atoms with van der Waals surface area (Å²) in [5.41, 5.74) is 4.55. The lowest BCUT2D eigenvalue weighted by atomic mass is 9.98. The maximum atomic E-state index is 10.1. The van der Waals surface area contributed by atoms with E-state index in [9.17, 15) is 5.11 Å². The van der Waals surface area contributed by atoms with E-state index in [1.165, 1.54) is 0 Å². The predicted octanol–water partition coefficient (Wildman–Crippen LogP) is 4.37. The second-order valence-corrected chi connectivity index (χ2v) is 5.45. The molecule has 2 aromatic carbocycles. The zero-order chi connectivity index (χ0) is 15.3. The van der Waals surface area contributed by atoms with Crippen molar-refractivity contribution in [2.75, 3.05) is 6.79 Å². The van der Waals surface area contributed by atoms with Crippen LogP contribution in [0.1, 0.15) is 11.1 Å². The van der Waals surface area contributed by atoms with Crippen LogP contribution in [-0.4, -0.2) is 16.9 Å². The molecule has 1 N–H and O–H groups in total. The summed E-state index contributed by atoms with van der Waals surface area (Å²) in [4.78, 5) is 4.75. The molecule has 118 valence electrons. The quantitative estimate of drug-likeness (QED) is 0.720. The summed E-state index contributed by atoms with van der Waals surface area (Å²) in [5, 5.41) is 11.2. The molecule has 0 bridgehead atoms. The lowest BCUT2D eigenvalue weighted by molar-refractivity contribution is 0.174. The second-order valence-electron chi connectivity index (χ2n) is 5.45. The maximum Gasteiger partial charge on any atom is 0.231 e. The van der Waals surface area contributed by atoms with Crippen molar-refractivity contribution in [3.05, 3.63) is 47.5 Å². The number of phenolic OH excluding ortho intramolecular Hbond substituents is 1. The number of rotatable bonds is 1. The number of pyridine rings is 1. The number of phenols is 1. The van der Waals surface area contributed by atoms with Crippen LogP contribution >= 0.6 is 12.4 Å². The number of halogens is 1. The van der Waals surface area contributed by atoms with Gasteiger partial charge in [0.25, 0.3) is 0 Å². The van der Waals surface area contributed by atoms with Crippen LogP contribution < -0.4 is 9.47 Å². The monoisotopic (exact) mass is 329 g/mol. The van der Waals surface area contributed by atoms with Crippen LogP contribution in [0, 0.1) is 13.8 Å². The molecule has 0 saturated heterocycles. The van der Waals surface area contributed by atoms with Crippen LogP contribution in [0.3, 0.4) is 0 Å². The minimum absolute atomic E-state index is 0. The van der Waals surface area contributed by atoms with Crippen LogP contribution in [-0.2, 0) is 0 Å². The molecule has 1 aliphatic rings. The van der Waals surface area contributed by atoms with E-state index in [1.807, 2.05) is 31.2 Å². The molecular weight excluding hydrogens is 314 g/mol. The molecule has 0 spiro atoms. The number of aromatic hydroxyl groups is 1. The van der Waals surface area contributed by atoms with Gasteiger partial charge in [0, 0.05) is 17.0 Å². The fourth-order valence-electron chi connectivity index (χ4n) is 2.84. The summed E-state index contributed by atoms with van der Waals surface area (Å²) >= 11 is 0. The Morgan fingerprint density at radius 3 is 2.43 bits per heavy atom. The largest absolute Gasteiger partial charge is 0.507 e. The fraction of sp³-hybridized carbons (Fsp3) is 0.167. The summed E-state index contributed by atoms with van der Waals surface area (Å²) < 4.78 is 10.9. The van der Waals surface area contributed by atoms with Gasteiger partial charge in [-0.3, -0.25) is 0 Å². The highest BCUT2D eigenvalue weighted by atomic mass is 35.5. The summed E-state index contributed by atoms with van der Waals surface area (Å²) in [6.45, 7) is 4.33. The van der Waals surface area contributed by atoms with E-state index >= 15 is 0 Å². The van der Waals surface area contributed by atoms with Crippen LogP contribution in [0.15, 0.2) is 36.4 Å². The molecule has 0 aliphatic carbocycles. The first-order valence-electron chi connectivity index (χ1n) is 7.14. The van der Waals surface area contributed by atoms with Crippen molar-refractivity contribution >= 4 is 23.3 Å². The van der Waals surface area contributed by atoms with E-state index in [0.717, 1.165) is 39.0 Å². The Balaban J connectivity index is 0.00000156. The summed E-state index contributed by atoms with van der Waals surface area (Å²) in [6.07, 6.45) is 0. The van der Waals surface area contributed by atoms with Gasteiger partial charge >= 0.3 is 0 Å². The topological polar surface area (TPSA) is 51.6 Å². The molecule has 0 fully saturated rings. The molecule has 4 nitrogen and oxygen atoms in total. The van der Waals surface area contributed by atoms with Crippen molar-refractivity contribution in [2.45, 2.75) is 13.8 Å². The normalized spacial score (nSPS) is 12.3. The molecule has 1 aromatic heterocycles. The van der Waals surface area contributed by atoms with Gasteiger partial charge < -0.3 is 14.6 Å². The van der Waals surface area contributed by atoms with Crippen molar-refractivity contribution in [2.24, 2.45) is 0 Å². The number of hydrogen-bond donors (Lipinski definition) is 1. The van der Waals surface area contributed by atoms with Gasteiger partial charge in [0.15, 0.2) is 11.5 Å². The van der Waals surface area contributed by atoms with Crippen molar-refractivity contribution in [3.8, 4) is 28.5 Å². The Bertz CT molecular complexity index is 908. The number of para-hydroxylation sites is 1. The molecule has 4 rings (SSSR count). The van der Waals surface area contributed by atoms with Crippen molar-refractivity contribution in [3.63, 3.8) is 0 Å². The number of hydrogen-bond acceptors (Lipinski definition) is 4. The number of aromatic nitrogens is 1. The first-order chi connectivity index (χ1) is 10.6. The van der Waals surface area contributed by atoms with Gasteiger partial charge in [0.1, 0.15) is 5.75 Å². The van der Waals surface area contributed by atoms with Crippen LogP contribution in [0.4, 0.5) is 0 Å². The number of benzene rings is 2. The molecule has 0 unspecified atom stereocenters. The number of ether oxygens (including phenoxy) is 2. The first-order valence-corrected chi connectivity index (χ1v) is 7.14. The Morgan fingerprint density at radius 1 is 1.00 bits per heavy atom. The third kappa shape index (κ3) is 2.35. The molecule has 0 amide bonds. The molecule has 0 radical (unpaired) electrons. The number of nitrogens with zero attached hydrogens (tertiary/aromatic N) is 1. The minimum Gasteiger partial charge on any atom is -0.507 e. The van der Waals surface area contributed by atoms with Crippen molar-refractivity contribution in [1.29, 1.82) is 0 Å². The van der Waals surface area contributed by atoms with Gasteiger partial charge in [-0.25, -0.2) is 4.98 Å². The Morgan fingerprint density at radius 2 is 1.70 bits per heavy atom. The number of fused-ring (bicyclic) bond motifs is 2. The van der Waals surface area contributed by atoms with E-state index in [4.69, 9.17) is 14.5 Å². The highest BCUT2D eigenvalue weighted by molar-refractivity contribution is 5.90.